The molecule has 1 aromatic rings. The van der Waals surface area contributed by atoms with Crippen molar-refractivity contribution in [3.63, 3.8) is 0 Å². The lowest BCUT2D eigenvalue weighted by Crippen LogP contribution is -2.53. The van der Waals surface area contributed by atoms with E-state index in [2.05, 4.69) is 21.3 Å². The van der Waals surface area contributed by atoms with Gasteiger partial charge in [0.25, 0.3) is 0 Å². The number of carbonyl (C=O) groups is 4. The first-order valence-electron chi connectivity index (χ1n) is 9.63. The molecule has 31 heavy (non-hydrogen) atoms. The van der Waals surface area contributed by atoms with E-state index >= 15 is 0 Å². The Kier molecular flexibility index (Phi) is 11.1. The van der Waals surface area contributed by atoms with Gasteiger partial charge in [-0.3, -0.25) is 24.6 Å². The zero-order chi connectivity index (χ0) is 23.2. The Morgan fingerprint density at radius 3 is 2.29 bits per heavy atom. The maximum atomic E-state index is 12.6. The summed E-state index contributed by atoms with van der Waals surface area (Å²) in [6, 6.07) is 7.12. The standard InChI is InChI=1S/C19H29N7O5/c20-13(7-4-8-23-19(21)22)17(30)26-14(9-12-5-2-1-3-6-12)18(31)25-10-15(27)24-11-16(28)29/h1-3,5-6,13-14H,4,7-11,20H2,(H,24,27)(H,25,31)(H,26,30)(H,28,29)(H4,21,22,23)/t13-,14-/m0/s1. The second-order valence-corrected chi connectivity index (χ2v) is 6.73. The molecule has 1 aromatic carbocycles. The average molecular weight is 435 g/mol. The summed E-state index contributed by atoms with van der Waals surface area (Å²) in [7, 11) is 0. The lowest BCUT2D eigenvalue weighted by Gasteiger charge is -2.21. The Bertz CT molecular complexity index is 772. The van der Waals surface area contributed by atoms with Gasteiger partial charge in [-0.05, 0) is 18.4 Å². The summed E-state index contributed by atoms with van der Waals surface area (Å²) in [6.45, 7) is -0.613. The summed E-state index contributed by atoms with van der Waals surface area (Å²) in [5.41, 5.74) is 11.9. The van der Waals surface area contributed by atoms with Crippen LogP contribution in [0.15, 0.2) is 30.3 Å². The number of nitrogens with two attached hydrogens (primary N) is 2. The number of carboxylic acid groups (broad SMARTS) is 1. The van der Waals surface area contributed by atoms with E-state index in [1.165, 1.54) is 0 Å². The maximum absolute atomic E-state index is 12.6. The third-order valence-corrected chi connectivity index (χ3v) is 4.12. The fourth-order valence-electron chi connectivity index (χ4n) is 2.54. The molecule has 10 N–H and O–H groups in total. The Morgan fingerprint density at radius 1 is 1.00 bits per heavy atom. The van der Waals surface area contributed by atoms with E-state index in [1.54, 1.807) is 24.3 Å². The summed E-state index contributed by atoms with van der Waals surface area (Å²) in [5, 5.41) is 25.4. The van der Waals surface area contributed by atoms with Gasteiger partial charge in [0, 0.05) is 13.0 Å². The second-order valence-electron chi connectivity index (χ2n) is 6.73. The minimum atomic E-state index is -1.21. The zero-order valence-electron chi connectivity index (χ0n) is 17.0. The third-order valence-electron chi connectivity index (χ3n) is 4.12. The molecule has 0 aliphatic heterocycles. The van der Waals surface area contributed by atoms with Gasteiger partial charge in [0.2, 0.25) is 17.7 Å². The van der Waals surface area contributed by atoms with Gasteiger partial charge in [0.05, 0.1) is 12.6 Å². The molecule has 0 saturated heterocycles. The van der Waals surface area contributed by atoms with Gasteiger partial charge in [-0.25, -0.2) is 0 Å². The molecule has 0 saturated carbocycles. The van der Waals surface area contributed by atoms with Crippen molar-refractivity contribution in [2.24, 2.45) is 11.5 Å². The average Bonchev–Trinajstić information content (AvgIpc) is 2.73. The Labute approximate surface area is 179 Å². The van der Waals surface area contributed by atoms with Crippen LogP contribution in [0.1, 0.15) is 18.4 Å². The molecule has 3 amide bonds. The lowest BCUT2D eigenvalue weighted by molar-refractivity contribution is -0.138. The number of rotatable bonds is 13. The van der Waals surface area contributed by atoms with Crippen LogP contribution in [0.4, 0.5) is 0 Å². The van der Waals surface area contributed by atoms with Gasteiger partial charge in [0.15, 0.2) is 5.96 Å². The number of hydrogen-bond donors (Lipinski definition) is 8. The molecule has 12 heteroatoms. The number of amides is 3. The van der Waals surface area contributed by atoms with Crippen LogP contribution in [-0.4, -0.2) is 66.5 Å². The van der Waals surface area contributed by atoms with Crippen LogP contribution >= 0.6 is 0 Å². The number of carboxylic acids is 1. The van der Waals surface area contributed by atoms with Crippen molar-refractivity contribution < 1.29 is 24.3 Å². The highest BCUT2D eigenvalue weighted by molar-refractivity contribution is 5.92. The molecular formula is C19H29N7O5. The van der Waals surface area contributed by atoms with E-state index in [9.17, 15) is 19.2 Å². The van der Waals surface area contributed by atoms with Crippen LogP contribution in [0, 0.1) is 5.41 Å². The van der Waals surface area contributed by atoms with Crippen LogP contribution in [0.2, 0.25) is 0 Å². The van der Waals surface area contributed by atoms with Crippen LogP contribution < -0.4 is 32.7 Å². The third kappa shape index (κ3) is 11.2. The second kappa shape index (κ2) is 13.5. The number of nitrogens with one attached hydrogen (secondary N) is 5. The zero-order valence-corrected chi connectivity index (χ0v) is 17.0. The van der Waals surface area contributed by atoms with Crippen molar-refractivity contribution in [3.05, 3.63) is 35.9 Å². The Balaban J connectivity index is 2.67. The predicted octanol–water partition coefficient (Wildman–Crippen LogP) is -2.38. The molecule has 0 radical (unpaired) electrons. The van der Waals surface area contributed by atoms with Gasteiger partial charge in [0.1, 0.15) is 12.6 Å². The maximum Gasteiger partial charge on any atom is 0.322 e. The van der Waals surface area contributed by atoms with Gasteiger partial charge < -0.3 is 37.8 Å². The minimum Gasteiger partial charge on any atom is -0.480 e. The summed E-state index contributed by atoms with van der Waals surface area (Å²) in [4.78, 5) is 47.1. The van der Waals surface area contributed by atoms with Crippen molar-refractivity contribution in [1.82, 2.24) is 21.3 Å². The first-order chi connectivity index (χ1) is 14.7. The van der Waals surface area contributed by atoms with Crippen molar-refractivity contribution in [2.75, 3.05) is 19.6 Å². The summed E-state index contributed by atoms with van der Waals surface area (Å²) >= 11 is 0. The smallest absolute Gasteiger partial charge is 0.322 e. The highest BCUT2D eigenvalue weighted by atomic mass is 16.4. The molecular weight excluding hydrogens is 406 g/mol. The van der Waals surface area contributed by atoms with Crippen LogP contribution in [0.25, 0.3) is 0 Å². The Morgan fingerprint density at radius 2 is 1.68 bits per heavy atom. The molecule has 2 atom stereocenters. The van der Waals surface area contributed by atoms with E-state index in [4.69, 9.17) is 22.0 Å². The normalized spacial score (nSPS) is 12.2. The minimum absolute atomic E-state index is 0.174. The van der Waals surface area contributed by atoms with Crippen molar-refractivity contribution in [3.8, 4) is 0 Å². The lowest BCUT2D eigenvalue weighted by atomic mass is 10.0. The number of guanidine groups is 1. The van der Waals surface area contributed by atoms with Crippen molar-refractivity contribution in [1.29, 1.82) is 5.41 Å². The number of carbonyl (C=O) groups excluding carboxylic acids is 3. The highest BCUT2D eigenvalue weighted by Crippen LogP contribution is 2.05. The first kappa shape index (κ1) is 25.4. The number of benzene rings is 1. The molecule has 0 unspecified atom stereocenters. The first-order valence-corrected chi connectivity index (χ1v) is 9.63. The monoisotopic (exact) mass is 435 g/mol. The fraction of sp³-hybridized carbons (Fsp3) is 0.421. The van der Waals surface area contributed by atoms with Gasteiger partial charge >= 0.3 is 5.97 Å². The van der Waals surface area contributed by atoms with Crippen molar-refractivity contribution in [2.45, 2.75) is 31.3 Å². The molecule has 1 rings (SSSR count). The summed E-state index contributed by atoms with van der Waals surface area (Å²) in [6.07, 6.45) is 0.977. The van der Waals surface area contributed by atoms with Gasteiger partial charge in [-0.2, -0.15) is 0 Å². The quantitative estimate of drug-likeness (QED) is 0.0949. The topological polar surface area (TPSA) is 213 Å². The van der Waals surface area contributed by atoms with Gasteiger partial charge in [-0.1, -0.05) is 30.3 Å². The molecule has 0 aromatic heterocycles. The molecule has 0 aliphatic rings. The van der Waals surface area contributed by atoms with Crippen LogP contribution in [0.5, 0.6) is 0 Å². The summed E-state index contributed by atoms with van der Waals surface area (Å²) < 4.78 is 0. The summed E-state index contributed by atoms with van der Waals surface area (Å²) in [5.74, 6) is -3.19. The molecule has 170 valence electrons. The van der Waals surface area contributed by atoms with Crippen LogP contribution in [0.3, 0.4) is 0 Å². The van der Waals surface area contributed by atoms with Crippen molar-refractivity contribution >= 4 is 29.7 Å². The molecule has 0 bridgehead atoms. The predicted molar refractivity (Wildman–Crippen MR) is 113 cm³/mol. The Hall–Kier alpha value is -3.67. The fourth-order valence-corrected chi connectivity index (χ4v) is 2.54. The highest BCUT2D eigenvalue weighted by Gasteiger charge is 2.24. The molecule has 0 fully saturated rings. The van der Waals surface area contributed by atoms with E-state index < -0.39 is 48.9 Å². The number of hydrogen-bond acceptors (Lipinski definition) is 6. The molecule has 12 nitrogen and oxygen atoms in total. The van der Waals surface area contributed by atoms with E-state index in [1.807, 2.05) is 6.07 Å². The van der Waals surface area contributed by atoms with E-state index in [0.29, 0.717) is 19.4 Å². The number of aliphatic carboxylic acids is 1. The van der Waals surface area contributed by atoms with E-state index in [0.717, 1.165) is 5.56 Å². The largest absolute Gasteiger partial charge is 0.480 e. The van der Waals surface area contributed by atoms with E-state index in [-0.39, 0.29) is 12.4 Å². The molecule has 0 spiro atoms. The van der Waals surface area contributed by atoms with Gasteiger partial charge in [-0.15, -0.1) is 0 Å². The SMILES string of the molecule is N=C(N)NCCC[C@H](N)C(=O)N[C@@H](Cc1ccccc1)C(=O)NCC(=O)NCC(=O)O. The van der Waals surface area contributed by atoms with Crippen LogP contribution in [-0.2, 0) is 25.6 Å². The molecule has 0 heterocycles. The molecule has 0 aliphatic carbocycles.